The molecule has 1 aliphatic heterocycles. The highest BCUT2D eigenvalue weighted by Gasteiger charge is 2.31. The third kappa shape index (κ3) is 5.22. The van der Waals surface area contributed by atoms with Crippen molar-refractivity contribution >= 4 is 29.0 Å². The largest absolute Gasteiger partial charge is 0.367 e. The third-order valence-corrected chi connectivity index (χ3v) is 6.42. The summed E-state index contributed by atoms with van der Waals surface area (Å²) in [6.45, 7) is 4.42. The number of nitrogens with one attached hydrogen (secondary N) is 1. The number of amides is 2. The van der Waals surface area contributed by atoms with E-state index in [9.17, 15) is 24.0 Å². The van der Waals surface area contributed by atoms with Crippen LogP contribution in [0.1, 0.15) is 28.5 Å². The zero-order valence-corrected chi connectivity index (χ0v) is 20.8. The molecule has 1 fully saturated rings. The standard InChI is InChI=1S/C27H24FN7O3/c1-17-24(16-31-35(17)22-6-3-20(28)4-7-22)26(37)32-21-5-8-25(19(13-21)14-29)33-9-11-34(12-10-33)27(38)23(15-30)18(2)36/h3-8,13,16,23H,9-12H2,1-2H3,(H,32,37). The number of ketones is 1. The molecular formula is C27H24FN7O3. The molecule has 2 aromatic carbocycles. The lowest BCUT2D eigenvalue weighted by Crippen LogP contribution is -2.51. The maximum absolute atomic E-state index is 13.2. The molecule has 0 aliphatic carbocycles. The van der Waals surface area contributed by atoms with Gasteiger partial charge in [-0.3, -0.25) is 14.4 Å². The number of carbonyl (C=O) groups excluding carboxylic acids is 3. The number of anilines is 2. The van der Waals surface area contributed by atoms with Crippen LogP contribution >= 0.6 is 0 Å². The van der Waals surface area contributed by atoms with Gasteiger partial charge < -0.3 is 15.1 Å². The summed E-state index contributed by atoms with van der Waals surface area (Å²) < 4.78 is 14.8. The minimum atomic E-state index is -1.30. The van der Waals surface area contributed by atoms with E-state index in [1.807, 2.05) is 4.90 Å². The fraction of sp³-hybridized carbons (Fsp3) is 0.259. The van der Waals surface area contributed by atoms with Gasteiger partial charge in [0.1, 0.15) is 11.9 Å². The maximum Gasteiger partial charge on any atom is 0.259 e. The molecule has 3 aromatic rings. The molecule has 1 aromatic heterocycles. The lowest BCUT2D eigenvalue weighted by molar-refractivity contribution is -0.138. The van der Waals surface area contributed by atoms with Crippen LogP contribution in [-0.4, -0.2) is 58.5 Å². The Kier molecular flexibility index (Phi) is 7.49. The summed E-state index contributed by atoms with van der Waals surface area (Å²) in [5.74, 6) is -3.06. The van der Waals surface area contributed by atoms with Crippen molar-refractivity contribution < 1.29 is 18.8 Å². The Bertz CT molecular complexity index is 1480. The molecule has 1 aliphatic rings. The van der Waals surface area contributed by atoms with Gasteiger partial charge in [0.05, 0.1) is 40.5 Å². The fourth-order valence-corrected chi connectivity index (χ4v) is 4.32. The maximum atomic E-state index is 13.2. The van der Waals surface area contributed by atoms with Crippen molar-refractivity contribution in [1.29, 1.82) is 10.5 Å². The van der Waals surface area contributed by atoms with Crippen molar-refractivity contribution in [2.24, 2.45) is 5.92 Å². The van der Waals surface area contributed by atoms with Crippen LogP contribution in [0.15, 0.2) is 48.7 Å². The Morgan fingerprint density at radius 1 is 1.05 bits per heavy atom. The van der Waals surface area contributed by atoms with Gasteiger partial charge in [-0.25, -0.2) is 9.07 Å². The highest BCUT2D eigenvalue weighted by molar-refractivity contribution is 6.05. The summed E-state index contributed by atoms with van der Waals surface area (Å²) in [5, 5.41) is 25.9. The summed E-state index contributed by atoms with van der Waals surface area (Å²) >= 11 is 0. The molecule has 2 amide bonds. The van der Waals surface area contributed by atoms with Crippen LogP contribution in [0.3, 0.4) is 0 Å². The summed E-state index contributed by atoms with van der Waals surface area (Å²) in [6.07, 6.45) is 1.43. The van der Waals surface area contributed by atoms with E-state index < -0.39 is 23.5 Å². The average molecular weight is 514 g/mol. The van der Waals surface area contributed by atoms with Crippen LogP contribution in [0, 0.1) is 41.3 Å². The number of nitriles is 2. The SMILES string of the molecule is CC(=O)C(C#N)C(=O)N1CCN(c2ccc(NC(=O)c3cnn(-c4ccc(F)cc4)c3C)cc2C#N)CC1. The molecule has 0 bridgehead atoms. The Hall–Kier alpha value is -5.03. The molecule has 4 rings (SSSR count). The number of nitrogens with zero attached hydrogens (tertiary/aromatic N) is 6. The van der Waals surface area contributed by atoms with E-state index in [1.165, 1.54) is 34.8 Å². The lowest BCUT2D eigenvalue weighted by Gasteiger charge is -2.37. The van der Waals surface area contributed by atoms with Crippen molar-refractivity contribution in [2.45, 2.75) is 13.8 Å². The summed E-state index contributed by atoms with van der Waals surface area (Å²) in [6, 6.07) is 14.7. The van der Waals surface area contributed by atoms with Crippen LogP contribution in [-0.2, 0) is 9.59 Å². The van der Waals surface area contributed by atoms with Gasteiger partial charge in [-0.15, -0.1) is 0 Å². The van der Waals surface area contributed by atoms with E-state index in [1.54, 1.807) is 43.3 Å². The van der Waals surface area contributed by atoms with E-state index in [-0.39, 0.29) is 5.82 Å². The van der Waals surface area contributed by atoms with E-state index in [4.69, 9.17) is 5.26 Å². The summed E-state index contributed by atoms with van der Waals surface area (Å²) in [5.41, 5.74) is 2.95. The van der Waals surface area contributed by atoms with Gasteiger partial charge in [-0.05, 0) is 56.3 Å². The number of piperazine rings is 1. The minimum absolute atomic E-state index is 0.310. The molecule has 192 valence electrons. The Morgan fingerprint density at radius 3 is 2.34 bits per heavy atom. The number of benzene rings is 2. The molecule has 38 heavy (non-hydrogen) atoms. The summed E-state index contributed by atoms with van der Waals surface area (Å²) in [4.78, 5) is 40.4. The van der Waals surface area contributed by atoms with Crippen molar-refractivity contribution in [2.75, 3.05) is 36.4 Å². The second-order valence-corrected chi connectivity index (χ2v) is 8.81. The van der Waals surface area contributed by atoms with Crippen LogP contribution in [0.25, 0.3) is 5.69 Å². The van der Waals surface area contributed by atoms with Crippen LogP contribution in [0.4, 0.5) is 15.8 Å². The quantitative estimate of drug-likeness (QED) is 0.501. The van der Waals surface area contributed by atoms with Gasteiger partial charge in [0.15, 0.2) is 11.7 Å². The first kappa shape index (κ1) is 26.0. The van der Waals surface area contributed by atoms with Gasteiger partial charge in [0, 0.05) is 31.9 Å². The molecule has 1 atom stereocenters. The van der Waals surface area contributed by atoms with E-state index in [0.29, 0.717) is 60.1 Å². The van der Waals surface area contributed by atoms with Crippen molar-refractivity contribution in [1.82, 2.24) is 14.7 Å². The number of Topliss-reactive ketones (excluding diaryl/α,β-unsaturated/α-hetero) is 1. The molecule has 0 radical (unpaired) electrons. The Balaban J connectivity index is 1.45. The first-order valence-electron chi connectivity index (χ1n) is 11.8. The van der Waals surface area contributed by atoms with Crippen LogP contribution in [0.2, 0.25) is 0 Å². The normalized spacial score (nSPS) is 13.8. The van der Waals surface area contributed by atoms with E-state index in [0.717, 1.165) is 0 Å². The van der Waals surface area contributed by atoms with E-state index >= 15 is 0 Å². The molecule has 0 spiro atoms. The van der Waals surface area contributed by atoms with Gasteiger partial charge in [-0.2, -0.15) is 15.6 Å². The lowest BCUT2D eigenvalue weighted by atomic mass is 10.0. The van der Waals surface area contributed by atoms with Crippen molar-refractivity contribution in [3.63, 3.8) is 0 Å². The van der Waals surface area contributed by atoms with Gasteiger partial charge >= 0.3 is 0 Å². The molecular weight excluding hydrogens is 489 g/mol. The first-order chi connectivity index (χ1) is 18.2. The predicted molar refractivity (Wildman–Crippen MR) is 136 cm³/mol. The minimum Gasteiger partial charge on any atom is -0.367 e. The number of carbonyl (C=O) groups is 3. The molecule has 11 heteroatoms. The molecule has 0 saturated carbocycles. The zero-order valence-electron chi connectivity index (χ0n) is 20.8. The fourth-order valence-electron chi connectivity index (χ4n) is 4.32. The topological polar surface area (TPSA) is 135 Å². The first-order valence-corrected chi connectivity index (χ1v) is 11.8. The van der Waals surface area contributed by atoms with E-state index in [2.05, 4.69) is 16.5 Å². The zero-order chi connectivity index (χ0) is 27.4. The van der Waals surface area contributed by atoms with Gasteiger partial charge in [0.25, 0.3) is 5.91 Å². The predicted octanol–water partition coefficient (Wildman–Crippen LogP) is 2.82. The second kappa shape index (κ2) is 10.9. The number of aromatic nitrogens is 2. The molecule has 2 heterocycles. The highest BCUT2D eigenvalue weighted by Crippen LogP contribution is 2.26. The number of hydrogen-bond donors (Lipinski definition) is 1. The Labute approximate surface area is 218 Å². The number of rotatable bonds is 6. The Morgan fingerprint density at radius 2 is 1.74 bits per heavy atom. The molecule has 1 saturated heterocycles. The monoisotopic (exact) mass is 513 g/mol. The van der Waals surface area contributed by atoms with Crippen LogP contribution < -0.4 is 10.2 Å². The smallest absolute Gasteiger partial charge is 0.259 e. The van der Waals surface area contributed by atoms with Crippen molar-refractivity contribution in [3.05, 3.63) is 71.3 Å². The second-order valence-electron chi connectivity index (χ2n) is 8.81. The number of hydrogen-bond acceptors (Lipinski definition) is 7. The van der Waals surface area contributed by atoms with Gasteiger partial charge in [-0.1, -0.05) is 0 Å². The number of halogens is 1. The highest BCUT2D eigenvalue weighted by atomic mass is 19.1. The summed E-state index contributed by atoms with van der Waals surface area (Å²) in [7, 11) is 0. The average Bonchev–Trinajstić information content (AvgIpc) is 3.30. The molecule has 10 nitrogen and oxygen atoms in total. The molecule has 1 unspecified atom stereocenters. The van der Waals surface area contributed by atoms with Gasteiger partial charge in [0.2, 0.25) is 5.91 Å². The van der Waals surface area contributed by atoms with Crippen molar-refractivity contribution in [3.8, 4) is 17.8 Å². The van der Waals surface area contributed by atoms with Crippen LogP contribution in [0.5, 0.6) is 0 Å². The molecule has 1 N–H and O–H groups in total. The third-order valence-electron chi connectivity index (χ3n) is 6.42.